The van der Waals surface area contributed by atoms with E-state index >= 15 is 0 Å². The maximum absolute atomic E-state index is 12.2. The molecule has 3 unspecified atom stereocenters. The molecule has 0 radical (unpaired) electrons. The molecule has 6 nitrogen and oxygen atoms in total. The molecule has 3 atom stereocenters. The fourth-order valence-electron chi connectivity index (χ4n) is 2.82. The SMILES string of the molecule is CCC(C(=O)NCC1CNCC1O)N1CCCC1=O. The van der Waals surface area contributed by atoms with Crippen molar-refractivity contribution in [3.8, 4) is 0 Å². The first-order valence-corrected chi connectivity index (χ1v) is 7.09. The van der Waals surface area contributed by atoms with E-state index in [1.54, 1.807) is 4.90 Å². The highest BCUT2D eigenvalue weighted by Gasteiger charge is 2.32. The van der Waals surface area contributed by atoms with E-state index in [1.165, 1.54) is 0 Å². The molecule has 2 saturated heterocycles. The Morgan fingerprint density at radius 1 is 1.58 bits per heavy atom. The van der Waals surface area contributed by atoms with Crippen LogP contribution in [0.4, 0.5) is 0 Å². The van der Waals surface area contributed by atoms with Crippen molar-refractivity contribution >= 4 is 11.8 Å². The number of nitrogens with zero attached hydrogens (tertiary/aromatic N) is 1. The fraction of sp³-hybridized carbons (Fsp3) is 0.846. The summed E-state index contributed by atoms with van der Waals surface area (Å²) in [7, 11) is 0. The van der Waals surface area contributed by atoms with Gasteiger partial charge in [-0.3, -0.25) is 9.59 Å². The van der Waals surface area contributed by atoms with Gasteiger partial charge in [0.25, 0.3) is 0 Å². The van der Waals surface area contributed by atoms with E-state index in [0.29, 0.717) is 32.5 Å². The summed E-state index contributed by atoms with van der Waals surface area (Å²) < 4.78 is 0. The lowest BCUT2D eigenvalue weighted by molar-refractivity contribution is -0.137. The summed E-state index contributed by atoms with van der Waals surface area (Å²) in [6, 6.07) is -0.360. The minimum atomic E-state index is -0.395. The van der Waals surface area contributed by atoms with Crippen LogP contribution in [0.5, 0.6) is 0 Å². The average molecular weight is 269 g/mol. The molecule has 0 aromatic carbocycles. The first-order valence-electron chi connectivity index (χ1n) is 7.09. The molecule has 0 aliphatic carbocycles. The number of carbonyl (C=O) groups is 2. The first-order chi connectivity index (χ1) is 9.13. The van der Waals surface area contributed by atoms with Crippen molar-refractivity contribution in [1.82, 2.24) is 15.5 Å². The zero-order valence-corrected chi connectivity index (χ0v) is 11.4. The molecule has 19 heavy (non-hydrogen) atoms. The van der Waals surface area contributed by atoms with E-state index in [9.17, 15) is 14.7 Å². The van der Waals surface area contributed by atoms with Gasteiger partial charge in [0, 0.05) is 38.5 Å². The van der Waals surface area contributed by atoms with E-state index in [2.05, 4.69) is 10.6 Å². The predicted molar refractivity (Wildman–Crippen MR) is 70.4 cm³/mol. The standard InChI is InChI=1S/C13H23N3O3/c1-2-10(16-5-3-4-12(16)18)13(19)15-7-9-6-14-8-11(9)17/h9-11,14,17H,2-8H2,1H3,(H,15,19). The van der Waals surface area contributed by atoms with Crippen molar-refractivity contribution in [3.63, 3.8) is 0 Å². The van der Waals surface area contributed by atoms with Crippen LogP contribution in [0.3, 0.4) is 0 Å². The van der Waals surface area contributed by atoms with Crippen LogP contribution in [0, 0.1) is 5.92 Å². The number of rotatable bonds is 5. The summed E-state index contributed by atoms with van der Waals surface area (Å²) in [5.41, 5.74) is 0. The second-order valence-corrected chi connectivity index (χ2v) is 5.35. The Balaban J connectivity index is 1.84. The zero-order valence-electron chi connectivity index (χ0n) is 11.4. The van der Waals surface area contributed by atoms with Crippen LogP contribution in [0.2, 0.25) is 0 Å². The minimum absolute atomic E-state index is 0.0655. The molecule has 2 aliphatic heterocycles. The van der Waals surface area contributed by atoms with Gasteiger partial charge in [-0.2, -0.15) is 0 Å². The maximum Gasteiger partial charge on any atom is 0.242 e. The van der Waals surface area contributed by atoms with E-state index in [-0.39, 0.29) is 23.8 Å². The molecule has 0 spiro atoms. The van der Waals surface area contributed by atoms with Crippen LogP contribution in [0.15, 0.2) is 0 Å². The van der Waals surface area contributed by atoms with Crippen LogP contribution in [0.1, 0.15) is 26.2 Å². The second kappa shape index (κ2) is 6.34. The number of likely N-dealkylation sites (tertiary alicyclic amines) is 1. The number of hydrogen-bond donors (Lipinski definition) is 3. The summed E-state index contributed by atoms with van der Waals surface area (Å²) >= 11 is 0. The molecule has 2 heterocycles. The summed E-state index contributed by atoms with van der Waals surface area (Å²) in [6.07, 6.45) is 1.63. The Hall–Kier alpha value is -1.14. The Kier molecular flexibility index (Phi) is 4.76. The molecule has 108 valence electrons. The van der Waals surface area contributed by atoms with Crippen LogP contribution < -0.4 is 10.6 Å². The van der Waals surface area contributed by atoms with Crippen molar-refractivity contribution in [1.29, 1.82) is 0 Å². The van der Waals surface area contributed by atoms with Gasteiger partial charge in [0.15, 0.2) is 0 Å². The van der Waals surface area contributed by atoms with Crippen LogP contribution in [-0.2, 0) is 9.59 Å². The Bertz CT molecular complexity index is 348. The molecule has 0 aromatic heterocycles. The van der Waals surface area contributed by atoms with Gasteiger partial charge in [-0.05, 0) is 12.8 Å². The molecule has 0 aromatic rings. The van der Waals surface area contributed by atoms with Crippen molar-refractivity contribution in [3.05, 3.63) is 0 Å². The monoisotopic (exact) mass is 269 g/mol. The Morgan fingerprint density at radius 2 is 2.37 bits per heavy atom. The Labute approximate surface area is 113 Å². The molecule has 0 saturated carbocycles. The van der Waals surface area contributed by atoms with Crippen molar-refractivity contribution in [2.24, 2.45) is 5.92 Å². The lowest BCUT2D eigenvalue weighted by Gasteiger charge is -2.26. The second-order valence-electron chi connectivity index (χ2n) is 5.35. The number of aliphatic hydroxyl groups is 1. The smallest absolute Gasteiger partial charge is 0.242 e. The molecule has 3 N–H and O–H groups in total. The normalized spacial score (nSPS) is 28.7. The number of β-amino-alcohol motifs (C(OH)–C–C–N with tert-alkyl or cyclic N) is 1. The van der Waals surface area contributed by atoms with Crippen molar-refractivity contribution < 1.29 is 14.7 Å². The summed E-state index contributed by atoms with van der Waals surface area (Å²) in [4.78, 5) is 25.5. The first kappa shape index (κ1) is 14.3. The summed E-state index contributed by atoms with van der Waals surface area (Å²) in [5, 5.41) is 15.6. The van der Waals surface area contributed by atoms with E-state index in [4.69, 9.17) is 0 Å². The molecule has 2 fully saturated rings. The quantitative estimate of drug-likeness (QED) is 0.603. The molecule has 0 bridgehead atoms. The number of amides is 2. The zero-order chi connectivity index (χ0) is 13.8. The van der Waals surface area contributed by atoms with Crippen LogP contribution >= 0.6 is 0 Å². The summed E-state index contributed by atoms with van der Waals surface area (Å²) in [6.45, 7) is 4.37. The van der Waals surface area contributed by atoms with Crippen LogP contribution in [0.25, 0.3) is 0 Å². The fourth-order valence-corrected chi connectivity index (χ4v) is 2.82. The number of carbonyl (C=O) groups excluding carboxylic acids is 2. The molecular weight excluding hydrogens is 246 g/mol. The average Bonchev–Trinajstić information content (AvgIpc) is 2.98. The molecule has 6 heteroatoms. The van der Waals surface area contributed by atoms with Gasteiger partial charge in [-0.25, -0.2) is 0 Å². The lowest BCUT2D eigenvalue weighted by Crippen LogP contribution is -2.48. The number of nitrogens with one attached hydrogen (secondary N) is 2. The largest absolute Gasteiger partial charge is 0.391 e. The molecule has 2 rings (SSSR count). The van der Waals surface area contributed by atoms with Gasteiger partial charge in [0.05, 0.1) is 6.10 Å². The third kappa shape index (κ3) is 3.25. The number of aliphatic hydroxyl groups excluding tert-OH is 1. The van der Waals surface area contributed by atoms with Crippen molar-refractivity contribution in [2.75, 3.05) is 26.2 Å². The van der Waals surface area contributed by atoms with Gasteiger partial charge >= 0.3 is 0 Å². The molecular formula is C13H23N3O3. The van der Waals surface area contributed by atoms with Crippen LogP contribution in [-0.4, -0.2) is 60.1 Å². The molecule has 2 amide bonds. The van der Waals surface area contributed by atoms with E-state index in [0.717, 1.165) is 13.0 Å². The highest BCUT2D eigenvalue weighted by Crippen LogP contribution is 2.16. The van der Waals surface area contributed by atoms with Gasteiger partial charge in [-0.1, -0.05) is 6.92 Å². The maximum atomic E-state index is 12.2. The number of hydrogen-bond acceptors (Lipinski definition) is 4. The van der Waals surface area contributed by atoms with E-state index < -0.39 is 6.10 Å². The molecule has 2 aliphatic rings. The topological polar surface area (TPSA) is 81.7 Å². The highest BCUT2D eigenvalue weighted by atomic mass is 16.3. The van der Waals surface area contributed by atoms with Gasteiger partial charge in [0.2, 0.25) is 11.8 Å². The van der Waals surface area contributed by atoms with Crippen molar-refractivity contribution in [2.45, 2.75) is 38.3 Å². The predicted octanol–water partition coefficient (Wildman–Crippen LogP) is -0.916. The third-order valence-corrected chi connectivity index (χ3v) is 4.02. The summed E-state index contributed by atoms with van der Waals surface area (Å²) in [5.74, 6) is 0.0390. The van der Waals surface area contributed by atoms with Gasteiger partial charge in [-0.15, -0.1) is 0 Å². The van der Waals surface area contributed by atoms with E-state index in [1.807, 2.05) is 6.92 Å². The lowest BCUT2D eigenvalue weighted by atomic mass is 10.1. The third-order valence-electron chi connectivity index (χ3n) is 4.02. The highest BCUT2D eigenvalue weighted by molar-refractivity contribution is 5.88. The van der Waals surface area contributed by atoms with Gasteiger partial charge in [0.1, 0.15) is 6.04 Å². The van der Waals surface area contributed by atoms with Gasteiger partial charge < -0.3 is 20.6 Å². The Morgan fingerprint density at radius 3 is 2.89 bits per heavy atom. The minimum Gasteiger partial charge on any atom is -0.391 e.